The highest BCUT2D eigenvalue weighted by Gasteiger charge is 2.30. The Balaban J connectivity index is 1.66. The van der Waals surface area contributed by atoms with Gasteiger partial charge in [-0.3, -0.25) is 19.8 Å². The van der Waals surface area contributed by atoms with Crippen LogP contribution in [-0.2, 0) is 10.0 Å². The number of piperazine rings is 1. The summed E-state index contributed by atoms with van der Waals surface area (Å²) < 4.78 is 29.2. The number of sulfonamides is 1. The van der Waals surface area contributed by atoms with E-state index in [1.165, 1.54) is 22.5 Å². The van der Waals surface area contributed by atoms with Gasteiger partial charge in [0.1, 0.15) is 0 Å². The maximum atomic E-state index is 12.9. The Morgan fingerprint density at radius 1 is 1.13 bits per heavy atom. The molecule has 1 aromatic heterocycles. The molecule has 0 amide bonds. The van der Waals surface area contributed by atoms with Crippen LogP contribution in [0.5, 0.6) is 0 Å². The monoisotopic (exact) mass is 448 g/mol. The highest BCUT2D eigenvalue weighted by molar-refractivity contribution is 7.89. The zero-order chi connectivity index (χ0) is 22.9. The molecule has 0 atom stereocenters. The molecule has 2 heterocycles. The topological polar surface area (TPSA) is 106 Å². The Morgan fingerprint density at radius 3 is 2.32 bits per heavy atom. The van der Waals surface area contributed by atoms with Gasteiger partial charge in [0.15, 0.2) is 5.78 Å². The van der Waals surface area contributed by atoms with E-state index in [0.29, 0.717) is 18.7 Å². The molecular weight excluding hydrogens is 420 g/mol. The van der Waals surface area contributed by atoms with Gasteiger partial charge < -0.3 is 4.57 Å². The van der Waals surface area contributed by atoms with Crippen LogP contribution >= 0.6 is 0 Å². The smallest absolute Gasteiger partial charge is 0.270 e. The van der Waals surface area contributed by atoms with Crippen LogP contribution in [0.3, 0.4) is 0 Å². The second-order valence-corrected chi connectivity index (χ2v) is 10.0. The van der Waals surface area contributed by atoms with Gasteiger partial charge in [-0.25, -0.2) is 8.42 Å². The molecule has 1 fully saturated rings. The Morgan fingerprint density at radius 2 is 1.77 bits per heavy atom. The number of aromatic nitrogens is 1. The average molecular weight is 449 g/mol. The molecule has 1 aliphatic rings. The highest BCUT2D eigenvalue weighted by Crippen LogP contribution is 2.23. The van der Waals surface area contributed by atoms with Crippen molar-refractivity contribution in [3.63, 3.8) is 0 Å². The van der Waals surface area contributed by atoms with Crippen molar-refractivity contribution in [1.29, 1.82) is 0 Å². The normalized spacial score (nSPS) is 16.0. The standard InChI is InChI=1S/C21H28N4O5S/c1-15(2)24-16(3)12-20(17(24)4)21(26)14-22-8-10-23(11-9-22)31(29,30)19-7-5-6-18(13-19)25(27)28/h5-7,12-13,15H,8-11,14H2,1-4H3. The SMILES string of the molecule is Cc1cc(C(=O)CN2CCN(S(=O)(=O)c3cccc([N+](=O)[O-])c3)CC2)c(C)n1C(C)C. The number of aryl methyl sites for hydroxylation is 1. The number of non-ortho nitro benzene ring substituents is 1. The number of hydrogen-bond acceptors (Lipinski definition) is 6. The average Bonchev–Trinajstić information content (AvgIpc) is 3.02. The lowest BCUT2D eigenvalue weighted by atomic mass is 10.1. The van der Waals surface area contributed by atoms with Gasteiger partial charge in [0.05, 0.1) is 16.4 Å². The summed E-state index contributed by atoms with van der Waals surface area (Å²) in [6.45, 7) is 9.61. The number of rotatable bonds is 7. The van der Waals surface area contributed by atoms with Crippen molar-refractivity contribution in [2.75, 3.05) is 32.7 Å². The minimum absolute atomic E-state index is 0.0231. The lowest BCUT2D eigenvalue weighted by molar-refractivity contribution is -0.385. The summed E-state index contributed by atoms with van der Waals surface area (Å²) in [4.78, 5) is 25.1. The van der Waals surface area contributed by atoms with Crippen LogP contribution in [0.15, 0.2) is 35.2 Å². The molecule has 0 spiro atoms. The molecular formula is C21H28N4O5S. The first-order valence-corrected chi connectivity index (χ1v) is 11.6. The van der Waals surface area contributed by atoms with Crippen LogP contribution in [0, 0.1) is 24.0 Å². The van der Waals surface area contributed by atoms with Gasteiger partial charge in [-0.05, 0) is 39.8 Å². The number of carbonyl (C=O) groups is 1. The van der Waals surface area contributed by atoms with Crippen LogP contribution in [0.2, 0.25) is 0 Å². The summed E-state index contributed by atoms with van der Waals surface area (Å²) in [5, 5.41) is 11.0. The second kappa shape index (κ2) is 8.89. The molecule has 9 nitrogen and oxygen atoms in total. The number of benzene rings is 1. The first kappa shape index (κ1) is 23.1. The Hall–Kier alpha value is -2.56. The summed E-state index contributed by atoms with van der Waals surface area (Å²) in [5.74, 6) is 0.0231. The number of hydrogen-bond donors (Lipinski definition) is 0. The largest absolute Gasteiger partial charge is 0.346 e. The van der Waals surface area contributed by atoms with Gasteiger partial charge in [-0.1, -0.05) is 6.07 Å². The van der Waals surface area contributed by atoms with E-state index in [9.17, 15) is 23.3 Å². The number of Topliss-reactive ketones (excluding diaryl/α,β-unsaturated/α-hetero) is 1. The fourth-order valence-electron chi connectivity index (χ4n) is 4.18. The molecule has 0 unspecified atom stereocenters. The molecule has 10 heteroatoms. The Kier molecular flexibility index (Phi) is 6.63. The summed E-state index contributed by atoms with van der Waals surface area (Å²) >= 11 is 0. The molecule has 168 valence electrons. The van der Waals surface area contributed by atoms with E-state index >= 15 is 0 Å². The zero-order valence-electron chi connectivity index (χ0n) is 18.2. The molecule has 0 bridgehead atoms. The Labute approximate surface area is 182 Å². The van der Waals surface area contributed by atoms with E-state index in [2.05, 4.69) is 18.4 Å². The molecule has 2 aromatic rings. The maximum absolute atomic E-state index is 12.9. The van der Waals surface area contributed by atoms with E-state index < -0.39 is 14.9 Å². The first-order valence-electron chi connectivity index (χ1n) is 10.2. The third kappa shape index (κ3) is 4.70. The van der Waals surface area contributed by atoms with Crippen molar-refractivity contribution in [2.24, 2.45) is 0 Å². The van der Waals surface area contributed by atoms with Gasteiger partial charge in [-0.2, -0.15) is 4.31 Å². The van der Waals surface area contributed by atoms with E-state index in [4.69, 9.17) is 0 Å². The molecule has 3 rings (SSSR count). The minimum atomic E-state index is -3.83. The first-order chi connectivity index (χ1) is 14.5. The minimum Gasteiger partial charge on any atom is -0.346 e. The van der Waals surface area contributed by atoms with E-state index in [1.54, 1.807) is 0 Å². The van der Waals surface area contributed by atoms with Crippen molar-refractivity contribution in [3.8, 4) is 0 Å². The fourth-order valence-corrected chi connectivity index (χ4v) is 5.64. The van der Waals surface area contributed by atoms with E-state index in [1.807, 2.05) is 24.8 Å². The second-order valence-electron chi connectivity index (χ2n) is 8.11. The molecule has 0 aliphatic carbocycles. The summed E-state index contributed by atoms with van der Waals surface area (Å²) in [6.07, 6.45) is 0. The van der Waals surface area contributed by atoms with Crippen molar-refractivity contribution in [2.45, 2.75) is 38.6 Å². The van der Waals surface area contributed by atoms with Gasteiger partial charge in [0.25, 0.3) is 5.69 Å². The third-order valence-corrected chi connectivity index (χ3v) is 7.56. The van der Waals surface area contributed by atoms with Crippen LogP contribution in [0.25, 0.3) is 0 Å². The van der Waals surface area contributed by atoms with Crippen LogP contribution in [0.4, 0.5) is 5.69 Å². The van der Waals surface area contributed by atoms with Crippen molar-refractivity contribution < 1.29 is 18.1 Å². The highest BCUT2D eigenvalue weighted by atomic mass is 32.2. The number of ketones is 1. The number of nitro groups is 1. The van der Waals surface area contributed by atoms with E-state index in [-0.39, 0.29) is 42.0 Å². The third-order valence-electron chi connectivity index (χ3n) is 5.67. The quantitative estimate of drug-likeness (QED) is 0.366. The van der Waals surface area contributed by atoms with Gasteiger partial charge in [-0.15, -0.1) is 0 Å². The molecule has 1 aliphatic heterocycles. The van der Waals surface area contributed by atoms with Crippen LogP contribution < -0.4 is 0 Å². The van der Waals surface area contributed by atoms with Gasteiger partial charge in [0, 0.05) is 61.3 Å². The summed E-state index contributed by atoms with van der Waals surface area (Å²) in [6, 6.07) is 7.26. The predicted octanol–water partition coefficient (Wildman–Crippen LogP) is 2.78. The fraction of sp³-hybridized carbons (Fsp3) is 0.476. The van der Waals surface area contributed by atoms with Gasteiger partial charge in [0.2, 0.25) is 10.0 Å². The lowest BCUT2D eigenvalue weighted by Gasteiger charge is -2.33. The number of nitrogens with zero attached hydrogens (tertiary/aromatic N) is 4. The molecule has 0 radical (unpaired) electrons. The molecule has 1 saturated heterocycles. The van der Waals surface area contributed by atoms with Crippen LogP contribution in [-0.4, -0.2) is 65.6 Å². The van der Waals surface area contributed by atoms with Gasteiger partial charge >= 0.3 is 0 Å². The summed E-state index contributed by atoms with van der Waals surface area (Å²) in [5.41, 5.74) is 2.44. The lowest BCUT2D eigenvalue weighted by Crippen LogP contribution is -2.49. The van der Waals surface area contributed by atoms with Crippen LogP contribution in [0.1, 0.15) is 41.6 Å². The maximum Gasteiger partial charge on any atom is 0.270 e. The number of nitro benzene ring substituents is 1. The Bertz CT molecular complexity index is 1100. The molecule has 0 saturated carbocycles. The number of carbonyl (C=O) groups excluding carboxylic acids is 1. The predicted molar refractivity (Wildman–Crippen MR) is 117 cm³/mol. The molecule has 31 heavy (non-hydrogen) atoms. The zero-order valence-corrected chi connectivity index (χ0v) is 19.1. The van der Waals surface area contributed by atoms with E-state index in [0.717, 1.165) is 17.5 Å². The van der Waals surface area contributed by atoms with Crippen molar-refractivity contribution >= 4 is 21.5 Å². The van der Waals surface area contributed by atoms with Crippen molar-refractivity contribution in [1.82, 2.24) is 13.8 Å². The molecule has 1 aromatic carbocycles. The summed E-state index contributed by atoms with van der Waals surface area (Å²) in [7, 11) is -3.83. The van der Waals surface area contributed by atoms with Crippen molar-refractivity contribution in [3.05, 3.63) is 57.4 Å². The molecule has 0 N–H and O–H groups in total.